The molecule has 5 heteroatoms. The molecule has 1 aromatic rings. The molecule has 1 amide bonds. The van der Waals surface area contributed by atoms with Crippen molar-refractivity contribution in [1.29, 1.82) is 0 Å². The first-order valence-electron chi connectivity index (χ1n) is 8.63. The summed E-state index contributed by atoms with van der Waals surface area (Å²) in [5, 5.41) is 0. The van der Waals surface area contributed by atoms with Crippen LogP contribution in [0.2, 0.25) is 0 Å². The van der Waals surface area contributed by atoms with Crippen LogP contribution >= 0.6 is 0 Å². The third-order valence-electron chi connectivity index (χ3n) is 5.36. The van der Waals surface area contributed by atoms with Crippen LogP contribution < -0.4 is 0 Å². The highest BCUT2D eigenvalue weighted by Crippen LogP contribution is 2.41. The fourth-order valence-corrected chi connectivity index (χ4v) is 3.92. The Balaban J connectivity index is 1.57. The fraction of sp³-hybridized carbons (Fsp3) is 0.667. The molecule has 5 nitrogen and oxygen atoms in total. The van der Waals surface area contributed by atoms with Crippen LogP contribution in [0.25, 0.3) is 0 Å². The number of rotatable bonds is 5. The molecule has 0 aromatic carbocycles. The summed E-state index contributed by atoms with van der Waals surface area (Å²) in [7, 11) is 1.70. The molecular formula is C18H27N3O2. The molecule has 1 aromatic heterocycles. The Kier molecular flexibility index (Phi) is 5.28. The van der Waals surface area contributed by atoms with E-state index in [0.29, 0.717) is 12.5 Å². The topological polar surface area (TPSA) is 45.7 Å². The maximum absolute atomic E-state index is 12.9. The molecule has 0 radical (unpaired) electrons. The molecule has 2 saturated heterocycles. The molecule has 0 bridgehead atoms. The quantitative estimate of drug-likeness (QED) is 0.832. The standard InChI is InChI=1S/C18H27N3O2/c1-23-14-13-21-10-2-5-18(17(21)22)6-11-20(12-7-18)15-16-3-8-19-9-4-16/h3-4,8-9H,2,5-7,10-15H2,1H3. The van der Waals surface area contributed by atoms with Crippen molar-refractivity contribution in [3.8, 4) is 0 Å². The number of hydrogen-bond acceptors (Lipinski definition) is 4. The lowest BCUT2D eigenvalue weighted by molar-refractivity contribution is -0.150. The van der Waals surface area contributed by atoms with E-state index in [4.69, 9.17) is 4.74 Å². The van der Waals surface area contributed by atoms with Crippen LogP contribution in [0.5, 0.6) is 0 Å². The highest BCUT2D eigenvalue weighted by atomic mass is 16.5. The van der Waals surface area contributed by atoms with Gasteiger partial charge in [0, 0.05) is 39.1 Å². The highest BCUT2D eigenvalue weighted by molar-refractivity contribution is 5.83. The third-order valence-corrected chi connectivity index (χ3v) is 5.36. The minimum absolute atomic E-state index is 0.110. The van der Waals surface area contributed by atoms with Gasteiger partial charge in [0.25, 0.3) is 0 Å². The molecule has 2 fully saturated rings. The molecule has 126 valence electrons. The first-order chi connectivity index (χ1) is 11.2. The summed E-state index contributed by atoms with van der Waals surface area (Å²) in [5.74, 6) is 0.365. The van der Waals surface area contributed by atoms with Crippen LogP contribution in [0.15, 0.2) is 24.5 Å². The Bertz CT molecular complexity index is 512. The summed E-state index contributed by atoms with van der Waals surface area (Å²) in [6, 6.07) is 4.14. The van der Waals surface area contributed by atoms with Gasteiger partial charge in [0.2, 0.25) is 5.91 Å². The number of nitrogens with zero attached hydrogens (tertiary/aromatic N) is 3. The van der Waals surface area contributed by atoms with Crippen molar-refractivity contribution >= 4 is 5.91 Å². The molecule has 1 spiro atoms. The Morgan fingerprint density at radius 1 is 1.17 bits per heavy atom. The van der Waals surface area contributed by atoms with E-state index in [1.54, 1.807) is 7.11 Å². The monoisotopic (exact) mass is 317 g/mol. The minimum Gasteiger partial charge on any atom is -0.383 e. The summed E-state index contributed by atoms with van der Waals surface area (Å²) in [4.78, 5) is 21.5. The smallest absolute Gasteiger partial charge is 0.228 e. The number of aromatic nitrogens is 1. The van der Waals surface area contributed by atoms with Gasteiger partial charge < -0.3 is 9.64 Å². The van der Waals surface area contributed by atoms with Crippen LogP contribution in [0.3, 0.4) is 0 Å². The van der Waals surface area contributed by atoms with Crippen molar-refractivity contribution in [3.05, 3.63) is 30.1 Å². The van der Waals surface area contributed by atoms with Crippen molar-refractivity contribution in [1.82, 2.24) is 14.8 Å². The minimum atomic E-state index is -0.110. The summed E-state index contributed by atoms with van der Waals surface area (Å²) in [6.07, 6.45) is 7.84. The SMILES string of the molecule is COCCN1CCCC2(CCN(Cc3ccncc3)CC2)C1=O. The number of ether oxygens (including phenoxy) is 1. The maximum atomic E-state index is 12.9. The van der Waals surface area contributed by atoms with E-state index < -0.39 is 0 Å². The normalized spacial score (nSPS) is 21.8. The lowest BCUT2D eigenvalue weighted by atomic mass is 9.71. The summed E-state index contributed by atoms with van der Waals surface area (Å²) < 4.78 is 5.14. The number of methoxy groups -OCH3 is 1. The first kappa shape index (κ1) is 16.4. The van der Waals surface area contributed by atoms with Gasteiger partial charge in [-0.1, -0.05) is 0 Å². The van der Waals surface area contributed by atoms with Gasteiger partial charge in [-0.2, -0.15) is 0 Å². The molecule has 0 saturated carbocycles. The maximum Gasteiger partial charge on any atom is 0.228 e. The number of carbonyl (C=O) groups excluding carboxylic acids is 1. The lowest BCUT2D eigenvalue weighted by Crippen LogP contribution is -2.54. The average Bonchev–Trinajstić information content (AvgIpc) is 2.59. The predicted octanol–water partition coefficient (Wildman–Crippen LogP) is 1.93. The van der Waals surface area contributed by atoms with Crippen molar-refractivity contribution in [2.24, 2.45) is 5.41 Å². The van der Waals surface area contributed by atoms with Gasteiger partial charge in [-0.25, -0.2) is 0 Å². The van der Waals surface area contributed by atoms with Crippen LogP contribution in [-0.2, 0) is 16.1 Å². The van der Waals surface area contributed by atoms with Gasteiger partial charge in [0.1, 0.15) is 0 Å². The summed E-state index contributed by atoms with van der Waals surface area (Å²) >= 11 is 0. The highest BCUT2D eigenvalue weighted by Gasteiger charge is 2.45. The van der Waals surface area contributed by atoms with Gasteiger partial charge in [-0.05, 0) is 56.5 Å². The molecule has 0 atom stereocenters. The third kappa shape index (κ3) is 3.72. The van der Waals surface area contributed by atoms with Crippen LogP contribution in [0.4, 0.5) is 0 Å². The second-order valence-electron chi connectivity index (χ2n) is 6.80. The molecule has 2 aliphatic rings. The van der Waals surface area contributed by atoms with Gasteiger partial charge in [-0.3, -0.25) is 14.7 Å². The Labute approximate surface area is 138 Å². The second kappa shape index (κ2) is 7.41. The Morgan fingerprint density at radius 3 is 2.61 bits per heavy atom. The predicted molar refractivity (Wildman–Crippen MR) is 88.9 cm³/mol. The number of pyridine rings is 1. The van der Waals surface area contributed by atoms with Gasteiger partial charge in [0.05, 0.1) is 12.0 Å². The molecule has 23 heavy (non-hydrogen) atoms. The van der Waals surface area contributed by atoms with Crippen LogP contribution in [0.1, 0.15) is 31.2 Å². The van der Waals surface area contributed by atoms with E-state index in [0.717, 1.165) is 58.4 Å². The van der Waals surface area contributed by atoms with Crippen molar-refractivity contribution in [3.63, 3.8) is 0 Å². The zero-order valence-electron chi connectivity index (χ0n) is 14.0. The molecule has 0 aliphatic carbocycles. The molecule has 2 aliphatic heterocycles. The largest absolute Gasteiger partial charge is 0.383 e. The molecule has 0 unspecified atom stereocenters. The first-order valence-corrected chi connectivity index (χ1v) is 8.63. The Morgan fingerprint density at radius 2 is 1.91 bits per heavy atom. The number of hydrogen-bond donors (Lipinski definition) is 0. The molecular weight excluding hydrogens is 290 g/mol. The van der Waals surface area contributed by atoms with Gasteiger partial charge >= 0.3 is 0 Å². The van der Waals surface area contributed by atoms with Crippen molar-refractivity contribution in [2.75, 3.05) is 39.9 Å². The van der Waals surface area contributed by atoms with E-state index in [2.05, 4.69) is 22.0 Å². The van der Waals surface area contributed by atoms with E-state index in [1.165, 1.54) is 5.56 Å². The van der Waals surface area contributed by atoms with Crippen LogP contribution in [0, 0.1) is 5.41 Å². The number of likely N-dealkylation sites (tertiary alicyclic amines) is 2. The van der Waals surface area contributed by atoms with E-state index in [9.17, 15) is 4.79 Å². The van der Waals surface area contributed by atoms with Crippen LogP contribution in [-0.4, -0.2) is 60.6 Å². The van der Waals surface area contributed by atoms with Crippen molar-refractivity contribution < 1.29 is 9.53 Å². The fourth-order valence-electron chi connectivity index (χ4n) is 3.92. The van der Waals surface area contributed by atoms with Crippen molar-refractivity contribution in [2.45, 2.75) is 32.2 Å². The number of carbonyl (C=O) groups is 1. The summed E-state index contributed by atoms with van der Waals surface area (Å²) in [6.45, 7) is 5.23. The lowest BCUT2D eigenvalue weighted by Gasteiger charge is -2.46. The molecule has 3 heterocycles. The molecule has 0 N–H and O–H groups in total. The summed E-state index contributed by atoms with van der Waals surface area (Å²) in [5.41, 5.74) is 1.19. The average molecular weight is 317 g/mol. The van der Waals surface area contributed by atoms with Gasteiger partial charge in [-0.15, -0.1) is 0 Å². The molecule has 3 rings (SSSR count). The number of amides is 1. The Hall–Kier alpha value is -1.46. The zero-order chi connectivity index (χ0) is 16.1. The van der Waals surface area contributed by atoms with E-state index in [-0.39, 0.29) is 5.41 Å². The van der Waals surface area contributed by atoms with Gasteiger partial charge in [0.15, 0.2) is 0 Å². The number of piperidine rings is 2. The second-order valence-corrected chi connectivity index (χ2v) is 6.80. The zero-order valence-corrected chi connectivity index (χ0v) is 14.0. The van der Waals surface area contributed by atoms with E-state index in [1.807, 2.05) is 17.3 Å². The van der Waals surface area contributed by atoms with E-state index >= 15 is 0 Å².